The van der Waals surface area contributed by atoms with Crippen LogP contribution in [0.2, 0.25) is 5.15 Å². The lowest BCUT2D eigenvalue weighted by molar-refractivity contribution is 0.407. The second-order valence-electron chi connectivity index (χ2n) is 6.03. The molecule has 0 radical (unpaired) electrons. The first-order valence-electron chi connectivity index (χ1n) is 8.89. The highest BCUT2D eigenvalue weighted by Gasteiger charge is 2.10. The number of methoxy groups -OCH3 is 1. The van der Waals surface area contributed by atoms with Gasteiger partial charge in [-0.3, -0.25) is 4.99 Å². The van der Waals surface area contributed by atoms with Crippen LogP contribution in [0, 0.1) is 0 Å². The smallest absolute Gasteiger partial charge is 0.191 e. The average Bonchev–Trinajstić information content (AvgIpc) is 2.67. The monoisotopic (exact) mass is 502 g/mol. The summed E-state index contributed by atoms with van der Waals surface area (Å²) < 4.78 is 5.45. The van der Waals surface area contributed by atoms with Crippen molar-refractivity contribution in [1.29, 1.82) is 0 Å². The van der Waals surface area contributed by atoms with Gasteiger partial charge in [0.1, 0.15) is 10.9 Å². The summed E-state index contributed by atoms with van der Waals surface area (Å²) in [5.74, 6) is 1.99. The maximum absolute atomic E-state index is 5.82. The Labute approximate surface area is 184 Å². The Morgan fingerprint density at radius 2 is 2.00 bits per heavy atom. The number of nitrogens with one attached hydrogen (secondary N) is 2. The van der Waals surface area contributed by atoms with Crippen LogP contribution < -0.4 is 15.4 Å². The lowest BCUT2D eigenvalue weighted by Crippen LogP contribution is -2.38. The van der Waals surface area contributed by atoms with Crippen LogP contribution in [0.25, 0.3) is 0 Å². The highest BCUT2D eigenvalue weighted by Crippen LogP contribution is 2.26. The van der Waals surface area contributed by atoms with Crippen LogP contribution in [0.1, 0.15) is 30.9 Å². The summed E-state index contributed by atoms with van der Waals surface area (Å²) in [6, 6.07) is 11.9. The molecule has 7 heteroatoms. The Kier molecular flexibility index (Phi) is 11.1. The topological polar surface area (TPSA) is 58.5 Å². The summed E-state index contributed by atoms with van der Waals surface area (Å²) in [5.41, 5.74) is 2.31. The molecule has 2 aromatic rings. The standard InChI is InChI=1S/C20H27ClN4O.HI/c1-4-22-20(23-12-11-16-9-10-19(21)24-14-16)25-13-15(2)17-7-5-6-8-18(17)26-3;/h5-10,14-15H,4,11-13H2,1-3H3,(H2,22,23,25);1H. The SMILES string of the molecule is CCNC(=NCC(C)c1ccccc1OC)NCCc1ccc(Cl)nc1.I. The Hall–Kier alpha value is -1.54. The Balaban J connectivity index is 0.00000364. The first kappa shape index (κ1) is 23.5. The number of nitrogens with zero attached hydrogens (tertiary/aromatic N) is 2. The van der Waals surface area contributed by atoms with E-state index in [2.05, 4.69) is 35.5 Å². The number of rotatable bonds is 8. The van der Waals surface area contributed by atoms with Crippen LogP contribution in [0.5, 0.6) is 5.75 Å². The van der Waals surface area contributed by atoms with Gasteiger partial charge in [0, 0.05) is 31.7 Å². The van der Waals surface area contributed by atoms with E-state index in [0.29, 0.717) is 11.7 Å². The van der Waals surface area contributed by atoms with Gasteiger partial charge in [-0.25, -0.2) is 4.98 Å². The minimum absolute atomic E-state index is 0. The van der Waals surface area contributed by atoms with Crippen molar-refractivity contribution in [3.05, 3.63) is 58.9 Å². The first-order valence-corrected chi connectivity index (χ1v) is 9.27. The zero-order valence-corrected chi connectivity index (χ0v) is 19.1. The number of hydrogen-bond acceptors (Lipinski definition) is 3. The highest BCUT2D eigenvalue weighted by atomic mass is 127. The van der Waals surface area contributed by atoms with Gasteiger partial charge in [0.2, 0.25) is 0 Å². The number of hydrogen-bond donors (Lipinski definition) is 2. The fraction of sp³-hybridized carbons (Fsp3) is 0.400. The summed E-state index contributed by atoms with van der Waals surface area (Å²) in [5, 5.41) is 7.17. The van der Waals surface area contributed by atoms with E-state index in [9.17, 15) is 0 Å². The third-order valence-corrected chi connectivity index (χ3v) is 4.26. The summed E-state index contributed by atoms with van der Waals surface area (Å²) in [6.07, 6.45) is 2.66. The molecule has 2 rings (SSSR count). The molecule has 0 saturated heterocycles. The van der Waals surface area contributed by atoms with Crippen molar-refractivity contribution in [2.45, 2.75) is 26.2 Å². The summed E-state index contributed by atoms with van der Waals surface area (Å²) in [4.78, 5) is 8.82. The zero-order valence-electron chi connectivity index (χ0n) is 16.0. The van der Waals surface area contributed by atoms with Crippen molar-refractivity contribution >= 4 is 41.5 Å². The minimum atomic E-state index is 0. The van der Waals surface area contributed by atoms with Crippen molar-refractivity contribution in [3.8, 4) is 5.75 Å². The van der Waals surface area contributed by atoms with Gasteiger partial charge < -0.3 is 15.4 Å². The van der Waals surface area contributed by atoms with E-state index in [-0.39, 0.29) is 29.9 Å². The normalized spacial score (nSPS) is 12.1. The van der Waals surface area contributed by atoms with Gasteiger partial charge in [-0.15, -0.1) is 24.0 Å². The number of guanidine groups is 1. The molecule has 1 atom stereocenters. The number of pyridine rings is 1. The van der Waals surface area contributed by atoms with Crippen LogP contribution in [0.3, 0.4) is 0 Å². The van der Waals surface area contributed by atoms with Crippen molar-refractivity contribution in [3.63, 3.8) is 0 Å². The zero-order chi connectivity index (χ0) is 18.8. The van der Waals surface area contributed by atoms with Crippen molar-refractivity contribution < 1.29 is 4.74 Å². The number of aliphatic imine (C=N–C) groups is 1. The fourth-order valence-corrected chi connectivity index (χ4v) is 2.73. The molecule has 5 nitrogen and oxygen atoms in total. The third kappa shape index (κ3) is 7.92. The van der Waals surface area contributed by atoms with Crippen molar-refractivity contribution in [1.82, 2.24) is 15.6 Å². The van der Waals surface area contributed by atoms with Gasteiger partial charge in [0.25, 0.3) is 0 Å². The molecule has 1 aromatic heterocycles. The van der Waals surface area contributed by atoms with Gasteiger partial charge in [0.15, 0.2) is 5.96 Å². The van der Waals surface area contributed by atoms with Crippen molar-refractivity contribution in [2.75, 3.05) is 26.7 Å². The number of benzene rings is 1. The average molecular weight is 503 g/mol. The van der Waals surface area contributed by atoms with Crippen LogP contribution in [-0.4, -0.2) is 37.7 Å². The second-order valence-corrected chi connectivity index (χ2v) is 6.42. The number of para-hydroxylation sites is 1. The maximum atomic E-state index is 5.82. The number of ether oxygens (including phenoxy) is 1. The molecular formula is C20H28ClIN4O. The summed E-state index contributed by atoms with van der Waals surface area (Å²) in [6.45, 7) is 6.49. The van der Waals surface area contributed by atoms with E-state index in [1.165, 1.54) is 5.56 Å². The molecule has 2 N–H and O–H groups in total. The molecule has 0 aliphatic rings. The molecule has 0 bridgehead atoms. The van der Waals surface area contributed by atoms with Gasteiger partial charge >= 0.3 is 0 Å². The molecule has 0 fully saturated rings. The van der Waals surface area contributed by atoms with Gasteiger partial charge in [-0.05, 0) is 36.6 Å². The lowest BCUT2D eigenvalue weighted by Gasteiger charge is -2.16. The molecular weight excluding hydrogens is 475 g/mol. The van der Waals surface area contributed by atoms with E-state index in [4.69, 9.17) is 21.3 Å². The molecule has 0 aliphatic carbocycles. The quantitative estimate of drug-likeness (QED) is 0.245. The number of halogens is 2. The molecule has 0 saturated carbocycles. The molecule has 0 spiro atoms. The summed E-state index contributed by atoms with van der Waals surface area (Å²) in [7, 11) is 1.70. The molecule has 1 aromatic carbocycles. The molecule has 148 valence electrons. The molecule has 0 aliphatic heterocycles. The van der Waals surface area contributed by atoms with E-state index in [1.807, 2.05) is 30.3 Å². The number of aromatic nitrogens is 1. The Morgan fingerprint density at radius 3 is 2.67 bits per heavy atom. The van der Waals surface area contributed by atoms with Crippen LogP contribution >= 0.6 is 35.6 Å². The second kappa shape index (κ2) is 12.8. The van der Waals surface area contributed by atoms with Crippen LogP contribution in [0.4, 0.5) is 0 Å². The Morgan fingerprint density at radius 1 is 1.22 bits per heavy atom. The molecule has 1 heterocycles. The molecule has 27 heavy (non-hydrogen) atoms. The maximum Gasteiger partial charge on any atom is 0.191 e. The van der Waals surface area contributed by atoms with Crippen LogP contribution in [-0.2, 0) is 6.42 Å². The van der Waals surface area contributed by atoms with E-state index >= 15 is 0 Å². The first-order chi connectivity index (χ1) is 12.6. The fourth-order valence-electron chi connectivity index (χ4n) is 2.62. The third-order valence-electron chi connectivity index (χ3n) is 4.03. The molecule has 0 amide bonds. The van der Waals surface area contributed by atoms with Gasteiger partial charge in [-0.2, -0.15) is 0 Å². The van der Waals surface area contributed by atoms with Gasteiger partial charge in [0.05, 0.1) is 7.11 Å². The van der Waals surface area contributed by atoms with E-state index in [1.54, 1.807) is 13.3 Å². The lowest BCUT2D eigenvalue weighted by atomic mass is 10.0. The van der Waals surface area contributed by atoms with Crippen molar-refractivity contribution in [2.24, 2.45) is 4.99 Å². The largest absolute Gasteiger partial charge is 0.496 e. The Bertz CT molecular complexity index is 709. The van der Waals surface area contributed by atoms with E-state index in [0.717, 1.165) is 36.8 Å². The predicted molar refractivity (Wildman–Crippen MR) is 124 cm³/mol. The van der Waals surface area contributed by atoms with E-state index < -0.39 is 0 Å². The van der Waals surface area contributed by atoms with Crippen LogP contribution in [0.15, 0.2) is 47.6 Å². The highest BCUT2D eigenvalue weighted by molar-refractivity contribution is 14.0. The molecule has 1 unspecified atom stereocenters. The predicted octanol–water partition coefficient (Wildman–Crippen LogP) is 4.26. The summed E-state index contributed by atoms with van der Waals surface area (Å²) >= 11 is 5.82. The minimum Gasteiger partial charge on any atom is -0.496 e. The van der Waals surface area contributed by atoms with Gasteiger partial charge in [-0.1, -0.05) is 42.8 Å².